The van der Waals surface area contributed by atoms with Crippen molar-refractivity contribution in [1.82, 2.24) is 15.7 Å². The summed E-state index contributed by atoms with van der Waals surface area (Å²) in [6.45, 7) is 0.635. The highest BCUT2D eigenvalue weighted by Gasteiger charge is 2.56. The largest absolute Gasteiger partial charge is 0.352 e. The Balaban J connectivity index is 1.48. The molecule has 1 saturated heterocycles. The van der Waals surface area contributed by atoms with E-state index >= 15 is 0 Å². The van der Waals surface area contributed by atoms with E-state index in [4.69, 9.17) is 5.21 Å². The Hall–Kier alpha value is -1.63. The van der Waals surface area contributed by atoms with E-state index < -0.39 is 17.9 Å². The van der Waals surface area contributed by atoms with Gasteiger partial charge in [0, 0.05) is 24.9 Å². The van der Waals surface area contributed by atoms with Crippen molar-refractivity contribution in [3.63, 3.8) is 0 Å². The molecule has 27 heavy (non-hydrogen) atoms. The van der Waals surface area contributed by atoms with E-state index in [1.165, 1.54) is 12.8 Å². The average Bonchev–Trinajstić information content (AvgIpc) is 3.51. The minimum atomic E-state index is -0.523. The fourth-order valence-electron chi connectivity index (χ4n) is 5.01. The number of nitrogens with zero attached hydrogens (tertiary/aromatic N) is 1. The molecule has 1 spiro atoms. The summed E-state index contributed by atoms with van der Waals surface area (Å²) >= 11 is 0. The Kier molecular flexibility index (Phi) is 5.14. The number of hydroxylamine groups is 1. The maximum atomic E-state index is 13.4. The van der Waals surface area contributed by atoms with E-state index in [2.05, 4.69) is 5.32 Å². The first kappa shape index (κ1) is 18.7. The summed E-state index contributed by atoms with van der Waals surface area (Å²) in [4.78, 5) is 39.7. The zero-order chi connectivity index (χ0) is 19.0. The molecule has 0 aromatic rings. The highest BCUT2D eigenvalue weighted by atomic mass is 16.5. The van der Waals surface area contributed by atoms with E-state index in [1.807, 2.05) is 0 Å². The number of rotatable bonds is 7. The van der Waals surface area contributed by atoms with Crippen molar-refractivity contribution in [2.45, 2.75) is 82.7 Å². The molecule has 1 aliphatic heterocycles. The summed E-state index contributed by atoms with van der Waals surface area (Å²) in [6, 6.07) is -0.122. The molecule has 0 aromatic heterocycles. The van der Waals surface area contributed by atoms with Crippen LogP contribution in [-0.2, 0) is 14.4 Å². The van der Waals surface area contributed by atoms with Crippen molar-refractivity contribution in [3.8, 4) is 0 Å². The SMILES string of the molecule is O=C(C[C@@H](CC1CCCC1)C(=O)N1CC2(CC2)C[C@H]1C(=O)NC1CC1)NO. The third kappa shape index (κ3) is 4.28. The number of amides is 3. The lowest BCUT2D eigenvalue weighted by atomic mass is 9.89. The highest BCUT2D eigenvalue weighted by molar-refractivity contribution is 5.91. The van der Waals surface area contributed by atoms with Crippen molar-refractivity contribution in [3.05, 3.63) is 0 Å². The molecule has 1 heterocycles. The standard InChI is InChI=1S/C20H31N3O4/c24-17(22-27)10-14(9-13-3-1-2-4-13)19(26)23-12-20(7-8-20)11-16(23)18(25)21-15-5-6-15/h13-16,27H,1-12H2,(H,21,25)(H,22,24)/t14-,16+/m1/s1. The first-order valence-corrected chi connectivity index (χ1v) is 10.5. The second-order valence-electron chi connectivity index (χ2n) is 9.29. The van der Waals surface area contributed by atoms with Gasteiger partial charge in [-0.3, -0.25) is 19.6 Å². The smallest absolute Gasteiger partial charge is 0.244 e. The maximum Gasteiger partial charge on any atom is 0.244 e. The molecule has 150 valence electrons. The van der Waals surface area contributed by atoms with E-state index in [0.29, 0.717) is 18.9 Å². The van der Waals surface area contributed by atoms with Gasteiger partial charge in [-0.15, -0.1) is 0 Å². The van der Waals surface area contributed by atoms with Crippen LogP contribution in [0, 0.1) is 17.3 Å². The maximum absolute atomic E-state index is 13.4. The van der Waals surface area contributed by atoms with Crippen molar-refractivity contribution < 1.29 is 19.6 Å². The molecule has 3 aliphatic carbocycles. The molecule has 4 fully saturated rings. The van der Waals surface area contributed by atoms with Gasteiger partial charge < -0.3 is 10.2 Å². The van der Waals surface area contributed by atoms with Crippen LogP contribution in [0.15, 0.2) is 0 Å². The molecule has 3 N–H and O–H groups in total. The van der Waals surface area contributed by atoms with E-state index in [-0.39, 0.29) is 29.7 Å². The predicted molar refractivity (Wildman–Crippen MR) is 97.6 cm³/mol. The van der Waals surface area contributed by atoms with Crippen molar-refractivity contribution in [2.24, 2.45) is 17.3 Å². The van der Waals surface area contributed by atoms with E-state index in [1.54, 1.807) is 10.4 Å². The fourth-order valence-corrected chi connectivity index (χ4v) is 5.01. The monoisotopic (exact) mass is 377 g/mol. The molecule has 7 nitrogen and oxygen atoms in total. The lowest BCUT2D eigenvalue weighted by Crippen LogP contribution is -2.49. The normalized spacial score (nSPS) is 27.6. The number of likely N-dealkylation sites (tertiary alicyclic amines) is 1. The molecule has 0 unspecified atom stereocenters. The molecule has 0 bridgehead atoms. The Bertz CT molecular complexity index is 608. The van der Waals surface area contributed by atoms with Crippen LogP contribution >= 0.6 is 0 Å². The van der Waals surface area contributed by atoms with Crippen molar-refractivity contribution in [1.29, 1.82) is 0 Å². The predicted octanol–water partition coefficient (Wildman–Crippen LogP) is 1.74. The number of carbonyl (C=O) groups excluding carboxylic acids is 3. The molecule has 7 heteroatoms. The van der Waals surface area contributed by atoms with Gasteiger partial charge >= 0.3 is 0 Å². The number of nitrogens with one attached hydrogen (secondary N) is 2. The molecular formula is C20H31N3O4. The van der Waals surface area contributed by atoms with Gasteiger partial charge in [-0.05, 0) is 49.9 Å². The number of hydrogen-bond acceptors (Lipinski definition) is 4. The molecule has 0 aromatic carbocycles. The van der Waals surface area contributed by atoms with Gasteiger partial charge in [-0.2, -0.15) is 0 Å². The fraction of sp³-hybridized carbons (Fsp3) is 0.850. The van der Waals surface area contributed by atoms with Crippen LogP contribution in [0.1, 0.15) is 70.6 Å². The molecule has 0 radical (unpaired) electrons. The topological polar surface area (TPSA) is 98.7 Å². The van der Waals surface area contributed by atoms with Gasteiger partial charge in [0.2, 0.25) is 17.7 Å². The molecule has 4 rings (SSSR count). The van der Waals surface area contributed by atoms with Gasteiger partial charge in [0.05, 0.1) is 0 Å². The molecular weight excluding hydrogens is 346 g/mol. The minimum Gasteiger partial charge on any atom is -0.352 e. The first-order chi connectivity index (χ1) is 13.0. The Morgan fingerprint density at radius 1 is 1.11 bits per heavy atom. The summed E-state index contributed by atoms with van der Waals surface area (Å²) in [7, 11) is 0. The summed E-state index contributed by atoms with van der Waals surface area (Å²) < 4.78 is 0. The third-order valence-corrected chi connectivity index (χ3v) is 6.97. The minimum absolute atomic E-state index is 0.00764. The van der Waals surface area contributed by atoms with Crippen LogP contribution in [0.3, 0.4) is 0 Å². The first-order valence-electron chi connectivity index (χ1n) is 10.5. The third-order valence-electron chi connectivity index (χ3n) is 6.97. The van der Waals surface area contributed by atoms with Gasteiger partial charge in [-0.1, -0.05) is 25.7 Å². The van der Waals surface area contributed by atoms with Crippen LogP contribution < -0.4 is 10.8 Å². The zero-order valence-corrected chi connectivity index (χ0v) is 15.9. The molecule has 2 atom stereocenters. The van der Waals surface area contributed by atoms with Gasteiger partial charge in [-0.25, -0.2) is 5.48 Å². The second-order valence-corrected chi connectivity index (χ2v) is 9.29. The van der Waals surface area contributed by atoms with Crippen molar-refractivity contribution in [2.75, 3.05) is 6.54 Å². The molecule has 3 amide bonds. The molecule has 4 aliphatic rings. The number of carbonyl (C=O) groups is 3. The van der Waals surface area contributed by atoms with E-state index in [0.717, 1.165) is 44.9 Å². The Morgan fingerprint density at radius 2 is 1.81 bits per heavy atom. The Morgan fingerprint density at radius 3 is 2.41 bits per heavy atom. The van der Waals surface area contributed by atoms with Crippen LogP contribution in [0.5, 0.6) is 0 Å². The zero-order valence-electron chi connectivity index (χ0n) is 15.9. The summed E-state index contributed by atoms with van der Waals surface area (Å²) in [5.74, 6) is -0.621. The van der Waals surface area contributed by atoms with Crippen LogP contribution in [0.25, 0.3) is 0 Å². The molecule has 3 saturated carbocycles. The lowest BCUT2D eigenvalue weighted by Gasteiger charge is -2.29. The van der Waals surface area contributed by atoms with E-state index in [9.17, 15) is 14.4 Å². The average molecular weight is 377 g/mol. The summed E-state index contributed by atoms with van der Waals surface area (Å²) in [5, 5.41) is 12.0. The number of hydrogen-bond donors (Lipinski definition) is 3. The van der Waals surface area contributed by atoms with Gasteiger partial charge in [0.1, 0.15) is 6.04 Å². The van der Waals surface area contributed by atoms with Crippen molar-refractivity contribution >= 4 is 17.7 Å². The van der Waals surface area contributed by atoms with Gasteiger partial charge in [0.15, 0.2) is 0 Å². The van der Waals surface area contributed by atoms with Crippen LogP contribution in [0.4, 0.5) is 0 Å². The van der Waals surface area contributed by atoms with Crippen LogP contribution in [0.2, 0.25) is 0 Å². The lowest BCUT2D eigenvalue weighted by molar-refractivity contribution is -0.144. The summed E-state index contributed by atoms with van der Waals surface area (Å²) in [6.07, 6.45) is 10.2. The summed E-state index contributed by atoms with van der Waals surface area (Å²) in [5.41, 5.74) is 1.80. The second kappa shape index (κ2) is 7.41. The van der Waals surface area contributed by atoms with Crippen LogP contribution in [-0.4, -0.2) is 46.5 Å². The van der Waals surface area contributed by atoms with Gasteiger partial charge in [0.25, 0.3) is 0 Å². The Labute approximate surface area is 160 Å². The quantitative estimate of drug-likeness (QED) is 0.465. The highest BCUT2D eigenvalue weighted by Crippen LogP contribution is 2.55.